The number of hydrogen-bond acceptors (Lipinski definition) is 5. The zero-order valence-corrected chi connectivity index (χ0v) is 16.7. The Morgan fingerprint density at radius 3 is 2.45 bits per heavy atom. The van der Waals surface area contributed by atoms with Gasteiger partial charge in [-0.15, -0.1) is 0 Å². The zero-order valence-electron chi connectivity index (χ0n) is 16.7. The number of aryl methyl sites for hydroxylation is 1. The normalized spacial score (nSPS) is 15.8. The van der Waals surface area contributed by atoms with Crippen LogP contribution in [0.15, 0.2) is 47.6 Å². The third-order valence-electron chi connectivity index (χ3n) is 4.90. The predicted octanol–water partition coefficient (Wildman–Crippen LogP) is 3.55. The van der Waals surface area contributed by atoms with Gasteiger partial charge in [-0.3, -0.25) is 9.59 Å². The van der Waals surface area contributed by atoms with E-state index in [1.807, 2.05) is 43.3 Å². The molecule has 3 rings (SSSR count). The Labute approximate surface area is 169 Å². The molecule has 1 heterocycles. The van der Waals surface area contributed by atoms with Crippen LogP contribution >= 0.6 is 0 Å². The smallest absolute Gasteiger partial charge is 0.303 e. The number of methoxy groups -OCH3 is 2. The van der Waals surface area contributed by atoms with Gasteiger partial charge in [0.1, 0.15) is 11.5 Å². The summed E-state index contributed by atoms with van der Waals surface area (Å²) in [6.07, 6.45) is 0.150. The van der Waals surface area contributed by atoms with E-state index >= 15 is 0 Å². The molecule has 0 spiro atoms. The van der Waals surface area contributed by atoms with Crippen LogP contribution in [-0.4, -0.2) is 41.9 Å². The Kier molecular flexibility index (Phi) is 6.16. The van der Waals surface area contributed by atoms with Gasteiger partial charge in [-0.25, -0.2) is 5.01 Å². The number of carboxylic acid groups (broad SMARTS) is 1. The molecule has 2 aromatic rings. The Morgan fingerprint density at radius 1 is 1.10 bits per heavy atom. The third-order valence-corrected chi connectivity index (χ3v) is 4.90. The lowest BCUT2D eigenvalue weighted by atomic mass is 9.97. The van der Waals surface area contributed by atoms with Gasteiger partial charge in [0.2, 0.25) is 5.91 Å². The summed E-state index contributed by atoms with van der Waals surface area (Å²) in [5, 5.41) is 14.9. The molecule has 0 unspecified atom stereocenters. The van der Waals surface area contributed by atoms with Crippen LogP contribution in [0.3, 0.4) is 0 Å². The zero-order chi connectivity index (χ0) is 21.0. The summed E-state index contributed by atoms with van der Waals surface area (Å²) in [5.74, 6) is -0.117. The molecule has 1 amide bonds. The molecule has 0 saturated heterocycles. The van der Waals surface area contributed by atoms with Crippen molar-refractivity contribution >= 4 is 17.6 Å². The Bertz CT molecular complexity index is 937. The summed E-state index contributed by atoms with van der Waals surface area (Å²) in [6.45, 7) is 2.01. The standard InChI is InChI=1S/C22H24N2O5/c1-14-4-6-15(7-5-14)18-13-19(24(23-18)21(25)10-11-22(26)27)17-9-8-16(28-2)12-20(17)29-3/h4-9,12,19H,10-11,13H2,1-3H3,(H,26,27)/t19-/m0/s1. The fourth-order valence-electron chi connectivity index (χ4n) is 3.33. The van der Waals surface area contributed by atoms with Crippen LogP contribution in [0.25, 0.3) is 0 Å². The number of carbonyl (C=O) groups excluding carboxylic acids is 1. The maximum absolute atomic E-state index is 12.8. The summed E-state index contributed by atoms with van der Waals surface area (Å²) in [4.78, 5) is 23.7. The number of aliphatic carboxylic acids is 1. The van der Waals surface area contributed by atoms with Crippen LogP contribution < -0.4 is 9.47 Å². The molecule has 1 N–H and O–H groups in total. The molecular weight excluding hydrogens is 372 g/mol. The molecule has 0 saturated carbocycles. The number of carboxylic acids is 1. The van der Waals surface area contributed by atoms with Crippen molar-refractivity contribution in [3.63, 3.8) is 0 Å². The van der Waals surface area contributed by atoms with Crippen LogP contribution in [0, 0.1) is 6.92 Å². The highest BCUT2D eigenvalue weighted by Crippen LogP contribution is 2.39. The molecule has 0 aliphatic carbocycles. The highest BCUT2D eigenvalue weighted by molar-refractivity contribution is 6.03. The number of nitrogens with zero attached hydrogens (tertiary/aromatic N) is 2. The molecular formula is C22H24N2O5. The second-order valence-electron chi connectivity index (χ2n) is 6.87. The maximum atomic E-state index is 12.8. The van der Waals surface area contributed by atoms with Crippen molar-refractivity contribution < 1.29 is 24.2 Å². The Balaban J connectivity index is 1.97. The molecule has 1 aliphatic rings. The van der Waals surface area contributed by atoms with E-state index in [0.29, 0.717) is 17.9 Å². The predicted molar refractivity (Wildman–Crippen MR) is 108 cm³/mol. The molecule has 152 valence electrons. The largest absolute Gasteiger partial charge is 0.497 e. The molecule has 1 aliphatic heterocycles. The first-order valence-electron chi connectivity index (χ1n) is 9.33. The van der Waals surface area contributed by atoms with Crippen molar-refractivity contribution in [1.29, 1.82) is 0 Å². The topological polar surface area (TPSA) is 88.4 Å². The summed E-state index contributed by atoms with van der Waals surface area (Å²) in [6, 6.07) is 13.0. The van der Waals surface area contributed by atoms with Gasteiger partial charge in [-0.2, -0.15) is 5.10 Å². The van der Waals surface area contributed by atoms with Gasteiger partial charge in [0.15, 0.2) is 0 Å². The second-order valence-corrected chi connectivity index (χ2v) is 6.87. The van der Waals surface area contributed by atoms with E-state index in [1.165, 1.54) is 5.01 Å². The van der Waals surface area contributed by atoms with Crippen molar-refractivity contribution in [3.8, 4) is 11.5 Å². The van der Waals surface area contributed by atoms with E-state index in [4.69, 9.17) is 14.6 Å². The van der Waals surface area contributed by atoms with Crippen LogP contribution in [0.2, 0.25) is 0 Å². The van der Waals surface area contributed by atoms with E-state index in [9.17, 15) is 9.59 Å². The van der Waals surface area contributed by atoms with E-state index in [2.05, 4.69) is 5.10 Å². The first-order valence-corrected chi connectivity index (χ1v) is 9.33. The number of ether oxygens (including phenoxy) is 2. The van der Waals surface area contributed by atoms with Crippen molar-refractivity contribution in [3.05, 3.63) is 59.2 Å². The summed E-state index contributed by atoms with van der Waals surface area (Å²) < 4.78 is 10.8. The van der Waals surface area contributed by atoms with Crippen molar-refractivity contribution in [1.82, 2.24) is 5.01 Å². The highest BCUT2D eigenvalue weighted by Gasteiger charge is 2.34. The fourth-order valence-corrected chi connectivity index (χ4v) is 3.33. The van der Waals surface area contributed by atoms with Gasteiger partial charge in [0.05, 0.1) is 32.4 Å². The van der Waals surface area contributed by atoms with Gasteiger partial charge in [-0.1, -0.05) is 29.8 Å². The van der Waals surface area contributed by atoms with Crippen LogP contribution in [0.4, 0.5) is 0 Å². The molecule has 1 atom stereocenters. The van der Waals surface area contributed by atoms with Crippen molar-refractivity contribution in [2.45, 2.75) is 32.2 Å². The van der Waals surface area contributed by atoms with Gasteiger partial charge in [0.25, 0.3) is 0 Å². The van der Waals surface area contributed by atoms with Crippen molar-refractivity contribution in [2.24, 2.45) is 5.10 Å². The van der Waals surface area contributed by atoms with Gasteiger partial charge >= 0.3 is 5.97 Å². The minimum absolute atomic E-state index is 0.116. The highest BCUT2D eigenvalue weighted by atomic mass is 16.5. The molecule has 0 bridgehead atoms. The number of benzene rings is 2. The first kappa shape index (κ1) is 20.4. The SMILES string of the molecule is COc1ccc([C@@H]2CC(c3ccc(C)cc3)=NN2C(=O)CCC(=O)O)c(OC)c1. The molecule has 7 nitrogen and oxygen atoms in total. The monoisotopic (exact) mass is 396 g/mol. The molecule has 0 aromatic heterocycles. The van der Waals surface area contributed by atoms with Crippen molar-refractivity contribution in [2.75, 3.05) is 14.2 Å². The third kappa shape index (κ3) is 4.56. The number of amides is 1. The molecule has 0 radical (unpaired) electrons. The summed E-state index contributed by atoms with van der Waals surface area (Å²) in [7, 11) is 3.13. The van der Waals surface area contributed by atoms with Crippen LogP contribution in [0.5, 0.6) is 11.5 Å². The van der Waals surface area contributed by atoms with E-state index in [1.54, 1.807) is 20.3 Å². The van der Waals surface area contributed by atoms with Crippen LogP contribution in [-0.2, 0) is 9.59 Å². The molecule has 29 heavy (non-hydrogen) atoms. The minimum atomic E-state index is -1.01. The number of carbonyl (C=O) groups is 2. The average molecular weight is 396 g/mol. The quantitative estimate of drug-likeness (QED) is 0.773. The Morgan fingerprint density at radius 2 is 1.83 bits per heavy atom. The minimum Gasteiger partial charge on any atom is -0.497 e. The van der Waals surface area contributed by atoms with Gasteiger partial charge < -0.3 is 14.6 Å². The lowest BCUT2D eigenvalue weighted by Gasteiger charge is -2.23. The second kappa shape index (κ2) is 8.77. The van der Waals surface area contributed by atoms with Crippen LogP contribution in [0.1, 0.15) is 42.0 Å². The Hall–Kier alpha value is -3.35. The summed E-state index contributed by atoms with van der Waals surface area (Å²) in [5.41, 5.74) is 3.64. The number of rotatable bonds is 7. The average Bonchev–Trinajstić information content (AvgIpc) is 3.17. The maximum Gasteiger partial charge on any atom is 0.303 e. The fraction of sp³-hybridized carbons (Fsp3) is 0.318. The molecule has 2 aromatic carbocycles. The number of hydrogen-bond donors (Lipinski definition) is 1. The molecule has 0 fully saturated rings. The number of hydrazone groups is 1. The van der Waals surface area contributed by atoms with E-state index in [-0.39, 0.29) is 24.8 Å². The van der Waals surface area contributed by atoms with Gasteiger partial charge in [0, 0.05) is 24.5 Å². The lowest BCUT2D eigenvalue weighted by molar-refractivity contribution is -0.141. The van der Waals surface area contributed by atoms with Gasteiger partial charge in [-0.05, 0) is 24.6 Å². The summed E-state index contributed by atoms with van der Waals surface area (Å²) >= 11 is 0. The molecule has 7 heteroatoms. The lowest BCUT2D eigenvalue weighted by Crippen LogP contribution is -2.27. The van der Waals surface area contributed by atoms with E-state index in [0.717, 1.165) is 22.4 Å². The van der Waals surface area contributed by atoms with E-state index < -0.39 is 5.97 Å². The first-order chi connectivity index (χ1) is 13.9.